The second kappa shape index (κ2) is 5.27. The van der Waals surface area contributed by atoms with Crippen molar-refractivity contribution in [2.45, 2.75) is 0 Å². The molecule has 1 N–H and O–H groups in total. The highest BCUT2D eigenvalue weighted by Gasteiger charge is 2.06. The van der Waals surface area contributed by atoms with Gasteiger partial charge in [0.05, 0.1) is 0 Å². The van der Waals surface area contributed by atoms with E-state index in [0.717, 1.165) is 12.1 Å². The standard InChI is InChI=1S/C12H9F2N5/c1-19(6-15)12-5-11(16-7-17-12)18-8-2-3-9(13)10(14)4-8/h2-5,7H,1H3,(H,16,17,18). The molecule has 0 aliphatic heterocycles. The van der Waals surface area contributed by atoms with Crippen molar-refractivity contribution < 1.29 is 8.78 Å². The zero-order chi connectivity index (χ0) is 13.8. The number of rotatable bonds is 3. The van der Waals surface area contributed by atoms with Crippen LogP contribution in [0.3, 0.4) is 0 Å². The highest BCUT2D eigenvalue weighted by Crippen LogP contribution is 2.19. The normalized spacial score (nSPS) is 9.79. The largest absolute Gasteiger partial charge is 0.340 e. The van der Waals surface area contributed by atoms with Crippen LogP contribution in [-0.4, -0.2) is 17.0 Å². The van der Waals surface area contributed by atoms with Crippen molar-refractivity contribution in [3.63, 3.8) is 0 Å². The SMILES string of the molecule is CN(C#N)c1cc(Nc2ccc(F)c(F)c2)ncn1. The van der Waals surface area contributed by atoms with Gasteiger partial charge in [-0.2, -0.15) is 5.26 Å². The lowest BCUT2D eigenvalue weighted by Crippen LogP contribution is -2.10. The summed E-state index contributed by atoms with van der Waals surface area (Å²) in [7, 11) is 1.55. The molecule has 0 fully saturated rings. The van der Waals surface area contributed by atoms with Gasteiger partial charge in [0.15, 0.2) is 17.8 Å². The molecule has 2 aromatic rings. The Morgan fingerprint density at radius 1 is 1.21 bits per heavy atom. The number of hydrogen-bond donors (Lipinski definition) is 1. The first kappa shape index (κ1) is 12.7. The molecular weight excluding hydrogens is 252 g/mol. The first-order chi connectivity index (χ1) is 9.10. The van der Waals surface area contributed by atoms with Crippen molar-refractivity contribution in [1.29, 1.82) is 5.26 Å². The minimum Gasteiger partial charge on any atom is -0.340 e. The Labute approximate surface area is 108 Å². The maximum atomic E-state index is 13.0. The van der Waals surface area contributed by atoms with Crippen LogP contribution >= 0.6 is 0 Å². The molecule has 0 aliphatic rings. The van der Waals surface area contributed by atoms with Gasteiger partial charge in [0.25, 0.3) is 0 Å². The second-order valence-corrected chi connectivity index (χ2v) is 3.67. The van der Waals surface area contributed by atoms with Crippen molar-refractivity contribution >= 4 is 17.3 Å². The highest BCUT2D eigenvalue weighted by molar-refractivity contribution is 5.59. The van der Waals surface area contributed by atoms with Gasteiger partial charge >= 0.3 is 0 Å². The van der Waals surface area contributed by atoms with E-state index < -0.39 is 11.6 Å². The lowest BCUT2D eigenvalue weighted by Gasteiger charge is -2.10. The van der Waals surface area contributed by atoms with E-state index >= 15 is 0 Å². The van der Waals surface area contributed by atoms with E-state index in [1.165, 1.54) is 23.4 Å². The Morgan fingerprint density at radius 3 is 2.68 bits per heavy atom. The van der Waals surface area contributed by atoms with Crippen LogP contribution in [0, 0.1) is 23.1 Å². The number of benzene rings is 1. The fourth-order valence-corrected chi connectivity index (χ4v) is 1.37. The number of nitrogens with zero attached hydrogens (tertiary/aromatic N) is 4. The monoisotopic (exact) mass is 261 g/mol. The molecule has 0 aliphatic carbocycles. The zero-order valence-corrected chi connectivity index (χ0v) is 9.93. The molecule has 7 heteroatoms. The third kappa shape index (κ3) is 2.93. The van der Waals surface area contributed by atoms with Gasteiger partial charge in [0.2, 0.25) is 0 Å². The summed E-state index contributed by atoms with van der Waals surface area (Å²) in [6.45, 7) is 0. The number of anilines is 3. The van der Waals surface area contributed by atoms with Crippen LogP contribution in [-0.2, 0) is 0 Å². The van der Waals surface area contributed by atoms with Crippen LogP contribution in [0.1, 0.15) is 0 Å². The molecule has 5 nitrogen and oxygen atoms in total. The molecule has 19 heavy (non-hydrogen) atoms. The Bertz CT molecular complexity index is 638. The summed E-state index contributed by atoms with van der Waals surface area (Å²) in [4.78, 5) is 9.08. The quantitative estimate of drug-likeness (QED) is 0.679. The fraction of sp³-hybridized carbons (Fsp3) is 0.0833. The summed E-state index contributed by atoms with van der Waals surface area (Å²) >= 11 is 0. The Balaban J connectivity index is 2.24. The second-order valence-electron chi connectivity index (χ2n) is 3.67. The summed E-state index contributed by atoms with van der Waals surface area (Å²) in [6.07, 6.45) is 3.16. The summed E-state index contributed by atoms with van der Waals surface area (Å²) in [5.74, 6) is -1.10. The van der Waals surface area contributed by atoms with E-state index in [-0.39, 0.29) is 0 Å². The van der Waals surface area contributed by atoms with Gasteiger partial charge in [0, 0.05) is 24.9 Å². The van der Waals surface area contributed by atoms with Gasteiger partial charge in [-0.25, -0.2) is 18.7 Å². The predicted molar refractivity (Wildman–Crippen MR) is 65.7 cm³/mol. The van der Waals surface area contributed by atoms with Crippen LogP contribution in [0.2, 0.25) is 0 Å². The maximum absolute atomic E-state index is 13.0. The van der Waals surface area contributed by atoms with Crippen LogP contribution in [0.25, 0.3) is 0 Å². The minimum absolute atomic E-state index is 0.350. The molecule has 96 valence electrons. The molecule has 0 unspecified atom stereocenters. The molecule has 1 heterocycles. The summed E-state index contributed by atoms with van der Waals surface area (Å²) in [6, 6.07) is 4.94. The van der Waals surface area contributed by atoms with E-state index in [4.69, 9.17) is 5.26 Å². The Morgan fingerprint density at radius 2 is 2.00 bits per heavy atom. The maximum Gasteiger partial charge on any atom is 0.185 e. The van der Waals surface area contributed by atoms with Gasteiger partial charge < -0.3 is 5.32 Å². The van der Waals surface area contributed by atoms with Gasteiger partial charge in [-0.15, -0.1) is 0 Å². The molecule has 1 aromatic carbocycles. The van der Waals surface area contributed by atoms with Crippen molar-refractivity contribution in [1.82, 2.24) is 9.97 Å². The first-order valence-corrected chi connectivity index (χ1v) is 5.27. The number of hydrogen-bond acceptors (Lipinski definition) is 5. The number of nitrogens with one attached hydrogen (secondary N) is 1. The third-order valence-corrected chi connectivity index (χ3v) is 2.34. The number of aromatic nitrogens is 2. The van der Waals surface area contributed by atoms with Crippen molar-refractivity contribution in [2.24, 2.45) is 0 Å². The topological polar surface area (TPSA) is 64.8 Å². The molecule has 0 bridgehead atoms. The van der Waals surface area contributed by atoms with Gasteiger partial charge in [0.1, 0.15) is 18.0 Å². The van der Waals surface area contributed by atoms with E-state index in [0.29, 0.717) is 17.3 Å². The summed E-state index contributed by atoms with van der Waals surface area (Å²) in [5.41, 5.74) is 0.350. The van der Waals surface area contributed by atoms with Crippen molar-refractivity contribution in [3.05, 3.63) is 42.2 Å². The molecule has 0 amide bonds. The Hall–Kier alpha value is -2.75. The minimum atomic E-state index is -0.951. The molecule has 0 radical (unpaired) electrons. The first-order valence-electron chi connectivity index (χ1n) is 5.27. The molecule has 0 spiro atoms. The highest BCUT2D eigenvalue weighted by atomic mass is 19.2. The average molecular weight is 261 g/mol. The lowest BCUT2D eigenvalue weighted by molar-refractivity contribution is 0.509. The smallest absolute Gasteiger partial charge is 0.185 e. The lowest BCUT2D eigenvalue weighted by atomic mass is 10.3. The van der Waals surface area contributed by atoms with Gasteiger partial charge in [-0.1, -0.05) is 0 Å². The van der Waals surface area contributed by atoms with E-state index in [2.05, 4.69) is 15.3 Å². The molecule has 1 aromatic heterocycles. The number of nitriles is 1. The van der Waals surface area contributed by atoms with Gasteiger partial charge in [-0.3, -0.25) is 4.90 Å². The molecular formula is C12H9F2N5. The van der Waals surface area contributed by atoms with E-state index in [1.807, 2.05) is 6.19 Å². The third-order valence-electron chi connectivity index (χ3n) is 2.34. The summed E-state index contributed by atoms with van der Waals surface area (Å²) < 4.78 is 25.8. The van der Waals surface area contributed by atoms with Crippen molar-refractivity contribution in [2.75, 3.05) is 17.3 Å². The molecule has 0 saturated carbocycles. The van der Waals surface area contributed by atoms with E-state index in [1.54, 1.807) is 7.05 Å². The average Bonchev–Trinajstić information content (AvgIpc) is 2.42. The number of halogens is 2. The van der Waals surface area contributed by atoms with Crippen LogP contribution < -0.4 is 10.2 Å². The van der Waals surface area contributed by atoms with Crippen LogP contribution in [0.15, 0.2) is 30.6 Å². The summed E-state index contributed by atoms with van der Waals surface area (Å²) in [5, 5.41) is 11.5. The Kier molecular flexibility index (Phi) is 3.52. The van der Waals surface area contributed by atoms with Gasteiger partial charge in [-0.05, 0) is 12.1 Å². The van der Waals surface area contributed by atoms with Crippen LogP contribution in [0.5, 0.6) is 0 Å². The van der Waals surface area contributed by atoms with E-state index in [9.17, 15) is 8.78 Å². The molecule has 2 rings (SSSR count). The fourth-order valence-electron chi connectivity index (χ4n) is 1.37. The molecule has 0 atom stereocenters. The predicted octanol–water partition coefficient (Wildman–Crippen LogP) is 2.42. The molecule has 0 saturated heterocycles. The van der Waals surface area contributed by atoms with Crippen LogP contribution in [0.4, 0.5) is 26.1 Å². The zero-order valence-electron chi connectivity index (χ0n) is 9.93. The van der Waals surface area contributed by atoms with Crippen molar-refractivity contribution in [3.8, 4) is 6.19 Å².